The van der Waals surface area contributed by atoms with Crippen LogP contribution >= 0.6 is 0 Å². The highest BCUT2D eigenvalue weighted by molar-refractivity contribution is 5.92. The van der Waals surface area contributed by atoms with Crippen molar-refractivity contribution in [1.82, 2.24) is 14.5 Å². The van der Waals surface area contributed by atoms with Crippen LogP contribution in [0.25, 0.3) is 11.0 Å². The van der Waals surface area contributed by atoms with Crippen LogP contribution in [-0.2, 0) is 6.54 Å². The van der Waals surface area contributed by atoms with E-state index in [9.17, 15) is 9.90 Å². The van der Waals surface area contributed by atoms with Crippen molar-refractivity contribution in [2.75, 3.05) is 19.6 Å². The number of aromatic nitrogens is 2. The number of carboxylic acid groups (broad SMARTS) is 1. The molecule has 1 aromatic heterocycles. The number of nitrogens with zero attached hydrogens (tertiary/aromatic N) is 3. The van der Waals surface area contributed by atoms with E-state index in [0.29, 0.717) is 11.5 Å². The van der Waals surface area contributed by atoms with Gasteiger partial charge in [-0.1, -0.05) is 27.7 Å². The van der Waals surface area contributed by atoms with Crippen LogP contribution < -0.4 is 0 Å². The Balaban J connectivity index is 2.43. The van der Waals surface area contributed by atoms with Crippen molar-refractivity contribution in [2.45, 2.75) is 46.6 Å². The van der Waals surface area contributed by atoms with Gasteiger partial charge in [0.25, 0.3) is 0 Å². The van der Waals surface area contributed by atoms with Crippen molar-refractivity contribution < 1.29 is 9.90 Å². The van der Waals surface area contributed by atoms with Gasteiger partial charge in [-0.2, -0.15) is 0 Å². The molecule has 2 aromatic rings. The predicted octanol–water partition coefficient (Wildman–Crippen LogP) is 3.59. The van der Waals surface area contributed by atoms with Gasteiger partial charge in [0, 0.05) is 19.0 Å². The van der Waals surface area contributed by atoms with Crippen molar-refractivity contribution >= 4 is 17.0 Å². The molecule has 0 saturated heterocycles. The summed E-state index contributed by atoms with van der Waals surface area (Å²) in [7, 11) is 0. The predicted molar refractivity (Wildman–Crippen MR) is 93.2 cm³/mol. The Kier molecular flexibility index (Phi) is 5.77. The van der Waals surface area contributed by atoms with E-state index in [4.69, 9.17) is 4.98 Å². The Hall–Kier alpha value is -1.88. The van der Waals surface area contributed by atoms with Crippen LogP contribution in [0.1, 0.15) is 56.2 Å². The molecular weight excluding hydrogens is 290 g/mol. The maximum absolute atomic E-state index is 11.2. The number of hydrogen-bond donors (Lipinski definition) is 1. The summed E-state index contributed by atoms with van der Waals surface area (Å²) in [4.78, 5) is 18.3. The largest absolute Gasteiger partial charge is 0.478 e. The number of likely N-dealkylation sites (N-methyl/N-ethyl adjacent to an activating group) is 1. The molecule has 23 heavy (non-hydrogen) atoms. The SMILES string of the molecule is CCC(C)c1nc2cc(C(=O)O)ccc2n1CCN(CC)CC. The van der Waals surface area contributed by atoms with Gasteiger partial charge in [-0.25, -0.2) is 9.78 Å². The smallest absolute Gasteiger partial charge is 0.335 e. The molecule has 0 fully saturated rings. The summed E-state index contributed by atoms with van der Waals surface area (Å²) < 4.78 is 2.26. The minimum absolute atomic E-state index is 0.293. The fraction of sp³-hybridized carbons (Fsp3) is 0.556. The molecule has 1 heterocycles. The van der Waals surface area contributed by atoms with E-state index in [-0.39, 0.29) is 0 Å². The fourth-order valence-corrected chi connectivity index (χ4v) is 2.86. The highest BCUT2D eigenvalue weighted by Gasteiger charge is 2.17. The molecule has 0 spiro atoms. The number of benzene rings is 1. The van der Waals surface area contributed by atoms with Gasteiger partial charge >= 0.3 is 5.97 Å². The zero-order chi connectivity index (χ0) is 17.0. The van der Waals surface area contributed by atoms with E-state index in [1.807, 2.05) is 6.07 Å². The number of rotatable bonds is 8. The molecule has 1 unspecified atom stereocenters. The first kappa shape index (κ1) is 17.5. The fourth-order valence-electron chi connectivity index (χ4n) is 2.86. The molecule has 1 atom stereocenters. The second-order valence-electron chi connectivity index (χ2n) is 5.97. The Morgan fingerprint density at radius 1 is 1.30 bits per heavy atom. The van der Waals surface area contributed by atoms with E-state index < -0.39 is 5.97 Å². The molecule has 0 aliphatic heterocycles. The lowest BCUT2D eigenvalue weighted by Crippen LogP contribution is -2.27. The van der Waals surface area contributed by atoms with Gasteiger partial charge < -0.3 is 14.6 Å². The standard InChI is InChI=1S/C18H27N3O2/c1-5-13(4)17-19-15-12-14(18(22)23)8-9-16(15)21(17)11-10-20(6-2)7-3/h8-9,12-13H,5-7,10-11H2,1-4H3,(H,22,23). The van der Waals surface area contributed by atoms with Crippen LogP contribution in [-0.4, -0.2) is 45.2 Å². The highest BCUT2D eigenvalue weighted by Crippen LogP contribution is 2.25. The Bertz CT molecular complexity index is 674. The minimum Gasteiger partial charge on any atom is -0.478 e. The molecule has 1 N–H and O–H groups in total. The quantitative estimate of drug-likeness (QED) is 0.808. The zero-order valence-electron chi connectivity index (χ0n) is 14.5. The highest BCUT2D eigenvalue weighted by atomic mass is 16.4. The van der Waals surface area contributed by atoms with Gasteiger partial charge in [0.05, 0.1) is 16.6 Å². The summed E-state index contributed by atoms with van der Waals surface area (Å²) in [6, 6.07) is 5.23. The summed E-state index contributed by atoms with van der Waals surface area (Å²) in [5.41, 5.74) is 2.10. The monoisotopic (exact) mass is 317 g/mol. The molecular formula is C18H27N3O2. The molecule has 0 aliphatic rings. The zero-order valence-corrected chi connectivity index (χ0v) is 14.5. The van der Waals surface area contributed by atoms with Crippen LogP contribution in [0.5, 0.6) is 0 Å². The molecule has 5 nitrogen and oxygen atoms in total. The van der Waals surface area contributed by atoms with Crippen LogP contribution in [0, 0.1) is 0 Å². The number of hydrogen-bond acceptors (Lipinski definition) is 3. The third-order valence-corrected chi connectivity index (χ3v) is 4.61. The molecule has 0 amide bonds. The second kappa shape index (κ2) is 7.59. The summed E-state index contributed by atoms with van der Waals surface area (Å²) in [5.74, 6) is 0.499. The molecule has 0 radical (unpaired) electrons. The van der Waals surface area contributed by atoms with Gasteiger partial charge in [-0.15, -0.1) is 0 Å². The normalized spacial score (nSPS) is 12.9. The third kappa shape index (κ3) is 3.72. The summed E-state index contributed by atoms with van der Waals surface area (Å²) in [6.45, 7) is 12.6. The number of fused-ring (bicyclic) bond motifs is 1. The van der Waals surface area contributed by atoms with Crippen molar-refractivity contribution in [2.24, 2.45) is 0 Å². The van der Waals surface area contributed by atoms with Gasteiger partial charge in [-0.3, -0.25) is 0 Å². The van der Waals surface area contributed by atoms with Crippen molar-refractivity contribution in [3.8, 4) is 0 Å². The number of carbonyl (C=O) groups is 1. The molecule has 5 heteroatoms. The van der Waals surface area contributed by atoms with Crippen LogP contribution in [0.15, 0.2) is 18.2 Å². The Labute approximate surface area is 137 Å². The first-order valence-electron chi connectivity index (χ1n) is 8.47. The lowest BCUT2D eigenvalue weighted by Gasteiger charge is -2.20. The van der Waals surface area contributed by atoms with Gasteiger partial charge in [0.2, 0.25) is 0 Å². The maximum Gasteiger partial charge on any atom is 0.335 e. The average molecular weight is 317 g/mol. The van der Waals surface area contributed by atoms with E-state index >= 15 is 0 Å². The van der Waals surface area contributed by atoms with Crippen LogP contribution in [0.3, 0.4) is 0 Å². The first-order chi connectivity index (χ1) is 11.0. The average Bonchev–Trinajstić information content (AvgIpc) is 2.92. The molecule has 2 rings (SSSR count). The second-order valence-corrected chi connectivity index (χ2v) is 5.97. The molecule has 0 saturated carbocycles. The lowest BCUT2D eigenvalue weighted by molar-refractivity contribution is 0.0697. The maximum atomic E-state index is 11.2. The van der Waals surface area contributed by atoms with Crippen molar-refractivity contribution in [3.63, 3.8) is 0 Å². The number of imidazole rings is 1. The number of carboxylic acids is 1. The summed E-state index contributed by atoms with van der Waals surface area (Å²) in [5, 5.41) is 9.17. The van der Waals surface area contributed by atoms with E-state index in [0.717, 1.165) is 49.5 Å². The van der Waals surface area contributed by atoms with Crippen molar-refractivity contribution in [1.29, 1.82) is 0 Å². The van der Waals surface area contributed by atoms with E-state index in [1.54, 1.807) is 12.1 Å². The van der Waals surface area contributed by atoms with E-state index in [2.05, 4.69) is 37.2 Å². The molecule has 126 valence electrons. The van der Waals surface area contributed by atoms with Gasteiger partial charge in [0.15, 0.2) is 0 Å². The van der Waals surface area contributed by atoms with Crippen LogP contribution in [0.2, 0.25) is 0 Å². The van der Waals surface area contributed by atoms with Crippen molar-refractivity contribution in [3.05, 3.63) is 29.6 Å². The van der Waals surface area contributed by atoms with Crippen LogP contribution in [0.4, 0.5) is 0 Å². The Morgan fingerprint density at radius 3 is 2.57 bits per heavy atom. The minimum atomic E-state index is -0.908. The topological polar surface area (TPSA) is 58.4 Å². The number of aromatic carboxylic acids is 1. The van der Waals surface area contributed by atoms with Gasteiger partial charge in [-0.05, 0) is 37.7 Å². The third-order valence-electron chi connectivity index (χ3n) is 4.61. The summed E-state index contributed by atoms with van der Waals surface area (Å²) in [6.07, 6.45) is 1.01. The molecule has 1 aromatic carbocycles. The lowest BCUT2D eigenvalue weighted by atomic mass is 10.1. The molecule has 0 bridgehead atoms. The summed E-state index contributed by atoms with van der Waals surface area (Å²) >= 11 is 0. The Morgan fingerprint density at radius 2 is 2.00 bits per heavy atom. The first-order valence-corrected chi connectivity index (χ1v) is 8.47. The van der Waals surface area contributed by atoms with E-state index in [1.165, 1.54) is 0 Å². The van der Waals surface area contributed by atoms with Gasteiger partial charge in [0.1, 0.15) is 5.82 Å². The molecule has 0 aliphatic carbocycles.